The molecule has 0 atom stereocenters. The lowest BCUT2D eigenvalue weighted by atomic mass is 10.2. The van der Waals surface area contributed by atoms with Crippen molar-refractivity contribution in [2.24, 2.45) is 0 Å². The Morgan fingerprint density at radius 3 is 2.42 bits per heavy atom. The average molecular weight is 228 g/mol. The van der Waals surface area contributed by atoms with Gasteiger partial charge in [-0.15, -0.1) is 0 Å². The molecule has 1 heterocycles. The van der Waals surface area contributed by atoms with E-state index in [1.54, 1.807) is 12.4 Å². The zero-order valence-corrected chi connectivity index (χ0v) is 8.43. The Bertz CT molecular complexity index is 279. The van der Waals surface area contributed by atoms with Crippen molar-refractivity contribution in [2.75, 3.05) is 7.05 Å². The molecule has 2 rings (SSSR count). The zero-order chi connectivity index (χ0) is 8.60. The lowest BCUT2D eigenvalue weighted by Gasteiger charge is -2.10. The van der Waals surface area contributed by atoms with Crippen LogP contribution in [0.5, 0.6) is 0 Å². The van der Waals surface area contributed by atoms with Crippen molar-refractivity contribution in [3.05, 3.63) is 22.7 Å². The summed E-state index contributed by atoms with van der Waals surface area (Å²) in [6.45, 7) is 0. The second-order valence-corrected chi connectivity index (χ2v) is 3.97. The summed E-state index contributed by atoms with van der Waals surface area (Å²) in [5.74, 6) is 0.910. The first kappa shape index (κ1) is 8.13. The van der Waals surface area contributed by atoms with Gasteiger partial charge in [0.25, 0.3) is 0 Å². The maximum Gasteiger partial charge on any atom is 0.148 e. The van der Waals surface area contributed by atoms with Crippen LogP contribution in [-0.2, 0) is 5.54 Å². The van der Waals surface area contributed by atoms with E-state index in [2.05, 4.69) is 31.2 Å². The van der Waals surface area contributed by atoms with Gasteiger partial charge >= 0.3 is 0 Å². The van der Waals surface area contributed by atoms with Crippen LogP contribution in [0.1, 0.15) is 18.7 Å². The highest BCUT2D eigenvalue weighted by atomic mass is 79.9. The van der Waals surface area contributed by atoms with E-state index in [0.717, 1.165) is 23.1 Å². The van der Waals surface area contributed by atoms with Crippen LogP contribution in [0.25, 0.3) is 0 Å². The van der Waals surface area contributed by atoms with Crippen LogP contribution in [0.4, 0.5) is 0 Å². The first-order valence-corrected chi connectivity index (χ1v) is 4.73. The third-order valence-corrected chi connectivity index (χ3v) is 2.69. The molecule has 1 aliphatic carbocycles. The molecule has 0 aromatic carbocycles. The maximum absolute atomic E-state index is 4.26. The van der Waals surface area contributed by atoms with Gasteiger partial charge in [-0.1, -0.05) is 0 Å². The van der Waals surface area contributed by atoms with Gasteiger partial charge in [-0.25, -0.2) is 9.97 Å². The van der Waals surface area contributed by atoms with Gasteiger partial charge in [0.15, 0.2) is 0 Å². The monoisotopic (exact) mass is 227 g/mol. The number of rotatable bonds is 2. The SMILES string of the molecule is CNC1(c2ncc(Br)cn2)CC1. The second kappa shape index (κ2) is 2.78. The maximum atomic E-state index is 4.26. The molecule has 0 aliphatic heterocycles. The second-order valence-electron chi connectivity index (χ2n) is 3.06. The Kier molecular flexibility index (Phi) is 1.88. The van der Waals surface area contributed by atoms with E-state index in [1.807, 2.05) is 7.05 Å². The Balaban J connectivity index is 2.29. The summed E-state index contributed by atoms with van der Waals surface area (Å²) in [5, 5.41) is 3.25. The minimum atomic E-state index is 0.0840. The Morgan fingerprint density at radius 2 is 2.00 bits per heavy atom. The summed E-state index contributed by atoms with van der Waals surface area (Å²) in [5.41, 5.74) is 0.0840. The zero-order valence-electron chi connectivity index (χ0n) is 6.84. The van der Waals surface area contributed by atoms with E-state index >= 15 is 0 Å². The van der Waals surface area contributed by atoms with Crippen LogP contribution in [-0.4, -0.2) is 17.0 Å². The van der Waals surface area contributed by atoms with Crippen LogP contribution in [0.2, 0.25) is 0 Å². The highest BCUT2D eigenvalue weighted by molar-refractivity contribution is 9.10. The van der Waals surface area contributed by atoms with Gasteiger partial charge in [-0.2, -0.15) is 0 Å². The molecule has 0 spiro atoms. The van der Waals surface area contributed by atoms with E-state index in [1.165, 1.54) is 0 Å². The van der Waals surface area contributed by atoms with Crippen LogP contribution in [0.15, 0.2) is 16.9 Å². The summed E-state index contributed by atoms with van der Waals surface area (Å²) in [4.78, 5) is 8.53. The van der Waals surface area contributed by atoms with Crippen LogP contribution < -0.4 is 5.32 Å². The van der Waals surface area contributed by atoms with Gasteiger partial charge in [-0.05, 0) is 35.8 Å². The number of halogens is 1. The molecule has 3 nitrogen and oxygen atoms in total. The standard InChI is InChI=1S/C8H10BrN3/c1-10-8(2-3-8)7-11-4-6(9)5-12-7/h4-5,10H,2-3H2,1H3. The predicted molar refractivity (Wildman–Crippen MR) is 49.7 cm³/mol. The fraction of sp³-hybridized carbons (Fsp3) is 0.500. The fourth-order valence-corrected chi connectivity index (χ4v) is 1.47. The van der Waals surface area contributed by atoms with Gasteiger partial charge in [-0.3, -0.25) is 0 Å². The van der Waals surface area contributed by atoms with E-state index in [9.17, 15) is 0 Å². The van der Waals surface area contributed by atoms with Crippen molar-refractivity contribution < 1.29 is 0 Å². The first-order chi connectivity index (χ1) is 5.77. The fourth-order valence-electron chi connectivity index (χ4n) is 1.27. The molecule has 0 amide bonds. The lowest BCUT2D eigenvalue weighted by Crippen LogP contribution is -2.26. The van der Waals surface area contributed by atoms with Gasteiger partial charge in [0.05, 0.1) is 10.0 Å². The number of hydrogen-bond acceptors (Lipinski definition) is 3. The summed E-state index contributed by atoms with van der Waals surface area (Å²) >= 11 is 3.31. The predicted octanol–water partition coefficient (Wildman–Crippen LogP) is 1.45. The summed E-state index contributed by atoms with van der Waals surface area (Å²) < 4.78 is 0.929. The van der Waals surface area contributed by atoms with Crippen LogP contribution >= 0.6 is 15.9 Å². The molecule has 1 aromatic rings. The van der Waals surface area contributed by atoms with Crippen molar-refractivity contribution in [1.82, 2.24) is 15.3 Å². The highest BCUT2D eigenvalue weighted by Crippen LogP contribution is 2.43. The Morgan fingerprint density at radius 1 is 1.42 bits per heavy atom. The Hall–Kier alpha value is -0.480. The Labute approximate surface area is 79.7 Å². The summed E-state index contributed by atoms with van der Waals surface area (Å²) in [6, 6.07) is 0. The third-order valence-electron chi connectivity index (χ3n) is 2.28. The number of hydrogen-bond donors (Lipinski definition) is 1. The normalized spacial score (nSPS) is 19.2. The number of nitrogens with one attached hydrogen (secondary N) is 1. The van der Waals surface area contributed by atoms with Gasteiger partial charge in [0.1, 0.15) is 5.82 Å². The largest absolute Gasteiger partial charge is 0.308 e. The summed E-state index contributed by atoms with van der Waals surface area (Å²) in [6.07, 6.45) is 5.87. The quantitative estimate of drug-likeness (QED) is 0.832. The lowest BCUT2D eigenvalue weighted by molar-refractivity contribution is 0.546. The molecule has 64 valence electrons. The van der Waals surface area contributed by atoms with Crippen molar-refractivity contribution in [3.63, 3.8) is 0 Å². The third kappa shape index (κ3) is 1.25. The van der Waals surface area contributed by atoms with Crippen molar-refractivity contribution in [2.45, 2.75) is 18.4 Å². The van der Waals surface area contributed by atoms with Gasteiger partial charge < -0.3 is 5.32 Å². The molecular formula is C8H10BrN3. The summed E-state index contributed by atoms with van der Waals surface area (Å²) in [7, 11) is 1.96. The number of aromatic nitrogens is 2. The molecule has 1 aromatic heterocycles. The van der Waals surface area contributed by atoms with Crippen LogP contribution in [0.3, 0.4) is 0 Å². The highest BCUT2D eigenvalue weighted by Gasteiger charge is 2.45. The van der Waals surface area contributed by atoms with Gasteiger partial charge in [0.2, 0.25) is 0 Å². The first-order valence-electron chi connectivity index (χ1n) is 3.94. The molecule has 12 heavy (non-hydrogen) atoms. The molecule has 1 saturated carbocycles. The molecule has 0 bridgehead atoms. The minimum absolute atomic E-state index is 0.0840. The molecular weight excluding hydrogens is 218 g/mol. The van der Waals surface area contributed by atoms with Crippen molar-refractivity contribution in [1.29, 1.82) is 0 Å². The smallest absolute Gasteiger partial charge is 0.148 e. The number of nitrogens with zero attached hydrogens (tertiary/aromatic N) is 2. The molecule has 1 fully saturated rings. The van der Waals surface area contributed by atoms with Crippen LogP contribution in [0, 0.1) is 0 Å². The van der Waals surface area contributed by atoms with Crippen molar-refractivity contribution >= 4 is 15.9 Å². The average Bonchev–Trinajstić information content (AvgIpc) is 2.86. The van der Waals surface area contributed by atoms with Crippen molar-refractivity contribution in [3.8, 4) is 0 Å². The molecule has 0 unspecified atom stereocenters. The topological polar surface area (TPSA) is 37.8 Å². The van der Waals surface area contributed by atoms with E-state index in [0.29, 0.717) is 0 Å². The molecule has 0 saturated heterocycles. The molecule has 1 aliphatic rings. The molecule has 4 heteroatoms. The van der Waals surface area contributed by atoms with E-state index in [4.69, 9.17) is 0 Å². The molecule has 1 N–H and O–H groups in total. The van der Waals surface area contributed by atoms with Gasteiger partial charge in [0, 0.05) is 12.4 Å². The minimum Gasteiger partial charge on any atom is -0.308 e. The molecule has 0 radical (unpaired) electrons. The van der Waals surface area contributed by atoms with E-state index in [-0.39, 0.29) is 5.54 Å². The van der Waals surface area contributed by atoms with E-state index < -0.39 is 0 Å².